The smallest absolute Gasteiger partial charge is 0.131 e. The Kier molecular flexibility index (Phi) is 5.24. The van der Waals surface area contributed by atoms with Crippen LogP contribution in [0, 0.1) is 0 Å². The summed E-state index contributed by atoms with van der Waals surface area (Å²) in [5, 5.41) is 0. The second-order valence-electron chi connectivity index (χ2n) is 8.36. The Morgan fingerprint density at radius 1 is 0.457 bits per heavy atom. The molecule has 5 aromatic carbocycles. The van der Waals surface area contributed by atoms with Gasteiger partial charge in [0.05, 0.1) is 28.4 Å². The van der Waals surface area contributed by atoms with Crippen LogP contribution in [-0.4, -0.2) is 5.84 Å². The van der Waals surface area contributed by atoms with Crippen molar-refractivity contribution in [1.82, 2.24) is 0 Å². The molecule has 0 amide bonds. The Labute approximate surface area is 205 Å². The molecule has 6 rings (SSSR count). The van der Waals surface area contributed by atoms with E-state index in [2.05, 4.69) is 99.7 Å². The standard InChI is InChI=1S/C31H24N4/c32-31(33-24-11-3-1-4-12-24)23-19-21-26(22-20-23)35-29-17-9-7-15-27(29)34(25-13-5-2-6-14-25)28-16-8-10-18-30(28)35/h1-22H,(H2,32,33). The van der Waals surface area contributed by atoms with Crippen LogP contribution in [0.1, 0.15) is 5.56 Å². The highest BCUT2D eigenvalue weighted by Crippen LogP contribution is 2.53. The zero-order valence-electron chi connectivity index (χ0n) is 19.1. The molecule has 0 spiro atoms. The molecule has 0 unspecified atom stereocenters. The Hall–Kier alpha value is -4.83. The molecule has 2 N–H and O–H groups in total. The summed E-state index contributed by atoms with van der Waals surface area (Å²) in [5.41, 5.74) is 14.7. The average Bonchev–Trinajstić information content (AvgIpc) is 2.93. The molecule has 4 nitrogen and oxygen atoms in total. The van der Waals surface area contributed by atoms with Gasteiger partial charge in [0, 0.05) is 16.9 Å². The van der Waals surface area contributed by atoms with Crippen molar-refractivity contribution in [3.63, 3.8) is 0 Å². The summed E-state index contributed by atoms with van der Waals surface area (Å²) in [7, 11) is 0. The number of amidine groups is 1. The van der Waals surface area contributed by atoms with Crippen LogP contribution in [-0.2, 0) is 0 Å². The van der Waals surface area contributed by atoms with E-state index in [1.54, 1.807) is 0 Å². The Bertz CT molecular complexity index is 1450. The number of aliphatic imine (C=N–C) groups is 1. The summed E-state index contributed by atoms with van der Waals surface area (Å²) in [5.74, 6) is 0.498. The normalized spacial score (nSPS) is 12.7. The van der Waals surface area contributed by atoms with Crippen LogP contribution >= 0.6 is 0 Å². The molecule has 0 aliphatic carbocycles. The SMILES string of the molecule is NC(=Nc1ccccc1)c1ccc(N2c3ccccc3N(c3ccccc3)c3ccccc32)cc1. The van der Waals surface area contributed by atoms with E-state index in [4.69, 9.17) is 5.73 Å². The Balaban J connectivity index is 1.44. The van der Waals surface area contributed by atoms with Crippen LogP contribution in [0.15, 0.2) is 138 Å². The van der Waals surface area contributed by atoms with E-state index in [9.17, 15) is 0 Å². The molecule has 168 valence electrons. The van der Waals surface area contributed by atoms with Crippen molar-refractivity contribution in [3.05, 3.63) is 139 Å². The van der Waals surface area contributed by atoms with Gasteiger partial charge in [-0.3, -0.25) is 0 Å². The van der Waals surface area contributed by atoms with Crippen molar-refractivity contribution in [2.45, 2.75) is 0 Å². The number of hydrogen-bond acceptors (Lipinski definition) is 3. The van der Waals surface area contributed by atoms with Crippen LogP contribution in [0.2, 0.25) is 0 Å². The van der Waals surface area contributed by atoms with E-state index in [0.717, 1.165) is 45.4 Å². The highest BCUT2D eigenvalue weighted by atomic mass is 15.3. The minimum atomic E-state index is 0.498. The van der Waals surface area contributed by atoms with Gasteiger partial charge in [-0.25, -0.2) is 4.99 Å². The molecule has 0 bridgehead atoms. The van der Waals surface area contributed by atoms with Gasteiger partial charge in [0.1, 0.15) is 5.84 Å². The quantitative estimate of drug-likeness (QED) is 0.218. The van der Waals surface area contributed by atoms with Crippen LogP contribution in [0.5, 0.6) is 0 Å². The molecule has 5 aromatic rings. The van der Waals surface area contributed by atoms with E-state index in [-0.39, 0.29) is 0 Å². The summed E-state index contributed by atoms with van der Waals surface area (Å²) in [4.78, 5) is 9.18. The number of benzene rings is 5. The number of nitrogens with two attached hydrogens (primary N) is 1. The third-order valence-electron chi connectivity index (χ3n) is 6.17. The fraction of sp³-hybridized carbons (Fsp3) is 0. The van der Waals surface area contributed by atoms with Crippen molar-refractivity contribution >= 4 is 45.6 Å². The third kappa shape index (κ3) is 3.81. The maximum Gasteiger partial charge on any atom is 0.131 e. The first kappa shape index (κ1) is 20.8. The lowest BCUT2D eigenvalue weighted by molar-refractivity contribution is 1.17. The van der Waals surface area contributed by atoms with Gasteiger partial charge < -0.3 is 15.5 Å². The van der Waals surface area contributed by atoms with Crippen LogP contribution in [0.25, 0.3) is 0 Å². The van der Waals surface area contributed by atoms with Crippen molar-refractivity contribution in [3.8, 4) is 0 Å². The van der Waals surface area contributed by atoms with Crippen LogP contribution in [0.4, 0.5) is 39.8 Å². The monoisotopic (exact) mass is 452 g/mol. The van der Waals surface area contributed by atoms with E-state index >= 15 is 0 Å². The van der Waals surface area contributed by atoms with Crippen molar-refractivity contribution < 1.29 is 0 Å². The number of fused-ring (bicyclic) bond motifs is 2. The van der Waals surface area contributed by atoms with E-state index < -0.39 is 0 Å². The lowest BCUT2D eigenvalue weighted by Gasteiger charge is -2.40. The second-order valence-corrected chi connectivity index (χ2v) is 8.36. The zero-order valence-corrected chi connectivity index (χ0v) is 19.1. The van der Waals surface area contributed by atoms with Crippen molar-refractivity contribution in [1.29, 1.82) is 0 Å². The maximum absolute atomic E-state index is 6.32. The van der Waals surface area contributed by atoms with Gasteiger partial charge in [-0.15, -0.1) is 0 Å². The molecular formula is C31H24N4. The molecule has 35 heavy (non-hydrogen) atoms. The molecule has 0 aromatic heterocycles. The minimum Gasteiger partial charge on any atom is -0.383 e. The lowest BCUT2D eigenvalue weighted by Crippen LogP contribution is -2.24. The summed E-state index contributed by atoms with van der Waals surface area (Å²) >= 11 is 0. The molecular weight excluding hydrogens is 428 g/mol. The topological polar surface area (TPSA) is 44.9 Å². The van der Waals surface area contributed by atoms with Gasteiger partial charge in [-0.05, 0) is 72.8 Å². The lowest BCUT2D eigenvalue weighted by atomic mass is 10.0. The molecule has 0 saturated carbocycles. The molecule has 0 fully saturated rings. The van der Waals surface area contributed by atoms with Crippen LogP contribution in [0.3, 0.4) is 0 Å². The first-order valence-corrected chi connectivity index (χ1v) is 11.6. The molecule has 1 aliphatic heterocycles. The first-order chi connectivity index (χ1) is 17.3. The van der Waals surface area contributed by atoms with E-state index in [1.165, 1.54) is 0 Å². The van der Waals surface area contributed by atoms with Crippen molar-refractivity contribution in [2.24, 2.45) is 10.7 Å². The van der Waals surface area contributed by atoms with Gasteiger partial charge in [-0.2, -0.15) is 0 Å². The van der Waals surface area contributed by atoms with E-state index in [0.29, 0.717) is 5.84 Å². The largest absolute Gasteiger partial charge is 0.383 e. The number of hydrogen-bond donors (Lipinski definition) is 1. The molecule has 0 atom stereocenters. The molecule has 4 heteroatoms. The zero-order chi connectivity index (χ0) is 23.6. The highest BCUT2D eigenvalue weighted by molar-refractivity contribution is 6.02. The summed E-state index contributed by atoms with van der Waals surface area (Å²) in [6.45, 7) is 0. The van der Waals surface area contributed by atoms with Gasteiger partial charge in [0.2, 0.25) is 0 Å². The maximum atomic E-state index is 6.32. The van der Waals surface area contributed by atoms with Crippen molar-refractivity contribution in [2.75, 3.05) is 9.80 Å². The molecule has 1 heterocycles. The van der Waals surface area contributed by atoms with Gasteiger partial charge in [-0.1, -0.05) is 60.7 Å². The fourth-order valence-corrected chi connectivity index (χ4v) is 4.57. The van der Waals surface area contributed by atoms with Crippen LogP contribution < -0.4 is 15.5 Å². The first-order valence-electron chi connectivity index (χ1n) is 11.6. The molecule has 0 radical (unpaired) electrons. The predicted octanol–water partition coefficient (Wildman–Crippen LogP) is 7.98. The van der Waals surface area contributed by atoms with Gasteiger partial charge in [0.15, 0.2) is 0 Å². The third-order valence-corrected chi connectivity index (χ3v) is 6.17. The Morgan fingerprint density at radius 3 is 1.34 bits per heavy atom. The second kappa shape index (κ2) is 8.84. The number of rotatable bonds is 4. The minimum absolute atomic E-state index is 0.498. The number of nitrogens with zero attached hydrogens (tertiary/aromatic N) is 3. The number of anilines is 6. The van der Waals surface area contributed by atoms with Gasteiger partial charge in [0.25, 0.3) is 0 Å². The molecule has 0 saturated heterocycles. The van der Waals surface area contributed by atoms with Gasteiger partial charge >= 0.3 is 0 Å². The number of para-hydroxylation sites is 6. The van der Waals surface area contributed by atoms with E-state index in [1.807, 2.05) is 48.5 Å². The summed E-state index contributed by atoms with van der Waals surface area (Å²) < 4.78 is 0. The summed E-state index contributed by atoms with van der Waals surface area (Å²) in [6.07, 6.45) is 0. The Morgan fingerprint density at radius 2 is 0.857 bits per heavy atom. The fourth-order valence-electron chi connectivity index (χ4n) is 4.57. The highest BCUT2D eigenvalue weighted by Gasteiger charge is 2.29. The predicted molar refractivity (Wildman–Crippen MR) is 146 cm³/mol. The average molecular weight is 453 g/mol. The molecule has 1 aliphatic rings. The summed E-state index contributed by atoms with van der Waals surface area (Å²) in [6, 6.07) is 45.6.